The molecule has 2 N–H and O–H groups in total. The summed E-state index contributed by atoms with van der Waals surface area (Å²) in [6.45, 7) is 2.14. The fourth-order valence-electron chi connectivity index (χ4n) is 6.08. The number of benzene rings is 3. The molecule has 2 heterocycles. The van der Waals surface area contributed by atoms with E-state index in [0.29, 0.717) is 42.4 Å². The molecule has 1 aliphatic carbocycles. The number of aromatic nitrogens is 4. The predicted octanol–water partition coefficient (Wildman–Crippen LogP) is 6.68. The number of hydrogen-bond donors (Lipinski definition) is 2. The first kappa shape index (κ1) is 34.3. The van der Waals surface area contributed by atoms with Crippen LogP contribution in [0, 0.1) is 0 Å². The number of nitrogens with one attached hydrogen (secondary N) is 1. The van der Waals surface area contributed by atoms with Crippen molar-refractivity contribution in [2.45, 2.75) is 37.5 Å². The molecule has 2 aromatic heterocycles. The molecule has 0 aliphatic heterocycles. The molecule has 0 bridgehead atoms. The number of allylic oxidation sites excluding steroid dienone is 1. The number of rotatable bonds is 16. The highest BCUT2D eigenvalue weighted by atomic mass is 31.2. The van der Waals surface area contributed by atoms with Crippen molar-refractivity contribution in [2.24, 2.45) is 0 Å². The van der Waals surface area contributed by atoms with Gasteiger partial charge in [0.15, 0.2) is 11.2 Å². The van der Waals surface area contributed by atoms with Gasteiger partial charge >= 0.3 is 7.82 Å². The van der Waals surface area contributed by atoms with E-state index in [9.17, 15) is 9.46 Å². The lowest BCUT2D eigenvalue weighted by molar-refractivity contribution is 0.0655. The van der Waals surface area contributed by atoms with Gasteiger partial charge in [-0.15, -0.1) is 0 Å². The third-order valence-electron chi connectivity index (χ3n) is 8.37. The normalized spacial score (nSPS) is 17.2. The molecule has 5 aromatic rings. The minimum Gasteiger partial charge on any atom is -0.497 e. The number of methoxy groups -OCH3 is 2. The standard InChI is InChI=1S/C36H40N5O7P/c1-4-47-49(42,43)48-23-11-22-46-31-21-18-29(24-31)41-25-37-32-33(41)38-35(39-34(32)45-3)40-36(26-12-7-5-8-13-26,27-14-9-6-10-15-27)28-16-19-30(44-2)20-17-28/h5-10,12-21,25,29,31H,4,11,22-24H2,1-3H3,(H,42,43)(H,38,39,40)/t29-,31+/m0/s1. The molecule has 0 amide bonds. The Bertz CT molecular complexity index is 1860. The fraction of sp³-hybridized carbons (Fsp3) is 0.306. The number of nitrogens with zero attached hydrogens (tertiary/aromatic N) is 4. The van der Waals surface area contributed by atoms with E-state index in [0.717, 1.165) is 22.4 Å². The fourth-order valence-corrected chi connectivity index (χ4v) is 6.84. The highest BCUT2D eigenvalue weighted by molar-refractivity contribution is 7.47. The minimum atomic E-state index is -4.02. The smallest absolute Gasteiger partial charge is 0.472 e. The van der Waals surface area contributed by atoms with Gasteiger partial charge in [-0.25, -0.2) is 9.55 Å². The molecule has 0 fully saturated rings. The maximum absolute atomic E-state index is 11.7. The van der Waals surface area contributed by atoms with Gasteiger partial charge in [-0.3, -0.25) is 9.05 Å². The van der Waals surface area contributed by atoms with Crippen LogP contribution >= 0.6 is 7.82 Å². The Labute approximate surface area is 285 Å². The van der Waals surface area contributed by atoms with E-state index in [1.54, 1.807) is 27.5 Å². The van der Waals surface area contributed by atoms with Gasteiger partial charge in [-0.1, -0.05) is 84.9 Å². The number of phosphoric acid groups is 1. The number of phosphoric ester groups is 1. The van der Waals surface area contributed by atoms with Crippen LogP contribution in [-0.2, 0) is 23.9 Å². The van der Waals surface area contributed by atoms with Crippen molar-refractivity contribution in [1.29, 1.82) is 0 Å². The Morgan fingerprint density at radius 1 is 0.878 bits per heavy atom. The molecule has 12 nitrogen and oxygen atoms in total. The molecule has 0 saturated heterocycles. The van der Waals surface area contributed by atoms with Crippen LogP contribution in [-0.4, -0.2) is 64.6 Å². The highest BCUT2D eigenvalue weighted by Gasteiger charge is 2.38. The first-order valence-electron chi connectivity index (χ1n) is 16.1. The SMILES string of the molecule is CCOP(=O)(O)OCCCO[C@@H]1C=C[C@H](n2cnc3c(OC)nc(NC(c4ccccc4)(c4ccccc4)c4ccc(OC)cc4)nc32)C1. The molecule has 1 unspecified atom stereocenters. The van der Waals surface area contributed by atoms with Crippen LogP contribution in [0.4, 0.5) is 5.95 Å². The number of imidazole rings is 1. The minimum absolute atomic E-state index is 0.0519. The number of anilines is 1. The first-order chi connectivity index (χ1) is 23.9. The van der Waals surface area contributed by atoms with Crippen molar-refractivity contribution >= 4 is 24.9 Å². The average Bonchev–Trinajstić information content (AvgIpc) is 3.78. The Hall–Kier alpha value is -4.58. The maximum atomic E-state index is 11.7. The van der Waals surface area contributed by atoms with Gasteiger partial charge in [0.05, 0.1) is 45.9 Å². The van der Waals surface area contributed by atoms with Crippen LogP contribution < -0.4 is 14.8 Å². The monoisotopic (exact) mass is 685 g/mol. The van der Waals surface area contributed by atoms with E-state index in [4.69, 9.17) is 33.2 Å². The molecular formula is C36H40N5O7P. The van der Waals surface area contributed by atoms with E-state index in [-0.39, 0.29) is 25.4 Å². The van der Waals surface area contributed by atoms with Crippen molar-refractivity contribution in [3.05, 3.63) is 120 Å². The van der Waals surface area contributed by atoms with Crippen molar-refractivity contribution in [1.82, 2.24) is 19.5 Å². The summed E-state index contributed by atoms with van der Waals surface area (Å²) in [6, 6.07) is 28.3. The first-order valence-corrected chi connectivity index (χ1v) is 17.6. The molecule has 0 saturated carbocycles. The van der Waals surface area contributed by atoms with Crippen LogP contribution in [0.15, 0.2) is 103 Å². The molecule has 1 aliphatic rings. The van der Waals surface area contributed by atoms with E-state index in [1.165, 1.54) is 0 Å². The quantitative estimate of drug-likeness (QED) is 0.0498. The number of hydrogen-bond acceptors (Lipinski definition) is 10. The Morgan fingerprint density at radius 2 is 1.55 bits per heavy atom. The van der Waals surface area contributed by atoms with Crippen molar-refractivity contribution in [2.75, 3.05) is 39.4 Å². The molecule has 256 valence electrons. The van der Waals surface area contributed by atoms with E-state index >= 15 is 0 Å². The van der Waals surface area contributed by atoms with Gasteiger partial charge in [0.2, 0.25) is 11.8 Å². The average molecular weight is 686 g/mol. The highest BCUT2D eigenvalue weighted by Crippen LogP contribution is 2.43. The molecular weight excluding hydrogens is 645 g/mol. The summed E-state index contributed by atoms with van der Waals surface area (Å²) in [6.07, 6.45) is 6.76. The number of fused-ring (bicyclic) bond motifs is 1. The van der Waals surface area contributed by atoms with Gasteiger partial charge in [0.1, 0.15) is 11.3 Å². The zero-order valence-corrected chi connectivity index (χ0v) is 28.5. The van der Waals surface area contributed by atoms with Crippen LogP contribution in [0.5, 0.6) is 11.6 Å². The molecule has 3 aromatic carbocycles. The van der Waals surface area contributed by atoms with Crippen molar-refractivity contribution < 1.29 is 32.7 Å². The lowest BCUT2D eigenvalue weighted by atomic mass is 9.77. The largest absolute Gasteiger partial charge is 0.497 e. The lowest BCUT2D eigenvalue weighted by Crippen LogP contribution is -2.38. The summed E-state index contributed by atoms with van der Waals surface area (Å²) < 4.78 is 40.7. The van der Waals surface area contributed by atoms with Gasteiger partial charge < -0.3 is 29.0 Å². The van der Waals surface area contributed by atoms with Gasteiger partial charge in [0.25, 0.3) is 0 Å². The van der Waals surface area contributed by atoms with Gasteiger partial charge in [0, 0.05) is 13.0 Å². The van der Waals surface area contributed by atoms with Crippen LogP contribution in [0.25, 0.3) is 11.2 Å². The summed E-state index contributed by atoms with van der Waals surface area (Å²) in [5, 5.41) is 3.74. The number of ether oxygens (including phenoxy) is 3. The van der Waals surface area contributed by atoms with Crippen LogP contribution in [0.3, 0.4) is 0 Å². The molecule has 3 atom stereocenters. The Balaban J connectivity index is 1.30. The lowest BCUT2D eigenvalue weighted by Gasteiger charge is -2.37. The topological polar surface area (TPSA) is 139 Å². The van der Waals surface area contributed by atoms with Crippen molar-refractivity contribution in [3.8, 4) is 11.6 Å². The molecule has 0 spiro atoms. The third-order valence-corrected chi connectivity index (χ3v) is 9.46. The zero-order chi connectivity index (χ0) is 34.3. The van der Waals surface area contributed by atoms with E-state index in [2.05, 4.69) is 40.6 Å². The van der Waals surface area contributed by atoms with Crippen LogP contribution in [0.2, 0.25) is 0 Å². The molecule has 6 rings (SSSR count). The van der Waals surface area contributed by atoms with Crippen LogP contribution in [0.1, 0.15) is 42.5 Å². The maximum Gasteiger partial charge on any atom is 0.472 e. The molecule has 49 heavy (non-hydrogen) atoms. The summed E-state index contributed by atoms with van der Waals surface area (Å²) in [7, 11) is -0.794. The predicted molar refractivity (Wildman–Crippen MR) is 186 cm³/mol. The Kier molecular flexibility index (Phi) is 10.7. The Morgan fingerprint density at radius 3 is 2.18 bits per heavy atom. The van der Waals surface area contributed by atoms with E-state index in [1.807, 2.05) is 71.3 Å². The van der Waals surface area contributed by atoms with Crippen molar-refractivity contribution in [3.63, 3.8) is 0 Å². The second-order valence-electron chi connectivity index (χ2n) is 11.4. The van der Waals surface area contributed by atoms with Gasteiger partial charge in [-0.05, 0) is 42.2 Å². The summed E-state index contributed by atoms with van der Waals surface area (Å²) in [4.78, 5) is 24.1. The molecule has 13 heteroatoms. The van der Waals surface area contributed by atoms with E-state index < -0.39 is 13.4 Å². The summed E-state index contributed by atoms with van der Waals surface area (Å²) in [5.41, 5.74) is 3.21. The summed E-state index contributed by atoms with van der Waals surface area (Å²) in [5.74, 6) is 1.46. The summed E-state index contributed by atoms with van der Waals surface area (Å²) >= 11 is 0. The molecule has 0 radical (unpaired) electrons. The second-order valence-corrected chi connectivity index (χ2v) is 12.8. The third kappa shape index (κ3) is 7.54. The van der Waals surface area contributed by atoms with Gasteiger partial charge in [-0.2, -0.15) is 9.97 Å². The second kappa shape index (κ2) is 15.3. The zero-order valence-electron chi connectivity index (χ0n) is 27.6.